The maximum Gasteiger partial charge on any atom is 0.338 e. The molecule has 1 aromatic rings. The van der Waals surface area contributed by atoms with Gasteiger partial charge >= 0.3 is 5.97 Å². The summed E-state index contributed by atoms with van der Waals surface area (Å²) in [7, 11) is 0. The van der Waals surface area contributed by atoms with Gasteiger partial charge in [-0.2, -0.15) is 0 Å². The Kier molecular flexibility index (Phi) is 8.66. The van der Waals surface area contributed by atoms with Crippen molar-refractivity contribution in [1.82, 2.24) is 5.32 Å². The zero-order valence-corrected chi connectivity index (χ0v) is 17.1. The van der Waals surface area contributed by atoms with Crippen LogP contribution >= 0.6 is 0 Å². The van der Waals surface area contributed by atoms with Crippen molar-refractivity contribution in [1.29, 1.82) is 0 Å². The van der Waals surface area contributed by atoms with Crippen molar-refractivity contribution in [2.45, 2.75) is 58.9 Å². The summed E-state index contributed by atoms with van der Waals surface area (Å²) in [6, 6.07) is 7.58. The van der Waals surface area contributed by atoms with Gasteiger partial charge in [0, 0.05) is 0 Å². The van der Waals surface area contributed by atoms with E-state index in [0.29, 0.717) is 25.2 Å². The van der Waals surface area contributed by atoms with E-state index in [9.17, 15) is 9.59 Å². The first kappa shape index (κ1) is 22.9. The molecule has 6 heteroatoms. The molecule has 1 saturated heterocycles. The highest BCUT2D eigenvalue weighted by Crippen LogP contribution is 2.17. The molecule has 1 unspecified atom stereocenters. The molecule has 1 aliphatic rings. The van der Waals surface area contributed by atoms with Crippen LogP contribution in [0.2, 0.25) is 0 Å². The number of benzene rings is 1. The molecule has 0 amide bonds. The minimum Gasteiger partial charge on any atom is -0.462 e. The molecule has 1 N–H and O–H groups in total. The summed E-state index contributed by atoms with van der Waals surface area (Å²) in [5.41, 5.74) is 0.832. The minimum absolute atomic E-state index is 0.153. The van der Waals surface area contributed by atoms with Crippen molar-refractivity contribution in [3.8, 4) is 0 Å². The van der Waals surface area contributed by atoms with Crippen LogP contribution in [-0.4, -0.2) is 43.0 Å². The normalized spacial score (nSPS) is 18.5. The lowest BCUT2D eigenvalue weighted by Crippen LogP contribution is -2.37. The van der Waals surface area contributed by atoms with Crippen molar-refractivity contribution >= 4 is 18.5 Å². The molecule has 1 aromatic carbocycles. The predicted octanol–water partition coefficient (Wildman–Crippen LogP) is 3.56. The largest absolute Gasteiger partial charge is 0.462 e. The summed E-state index contributed by atoms with van der Waals surface area (Å²) < 4.78 is 15.2. The maximum absolute atomic E-state index is 11.9. The number of esters is 1. The van der Waals surface area contributed by atoms with E-state index in [2.05, 4.69) is 10.1 Å². The summed E-state index contributed by atoms with van der Waals surface area (Å²) in [6.07, 6.45) is 3.96. The van der Waals surface area contributed by atoms with Gasteiger partial charge in [-0.1, -0.05) is 30.4 Å². The third-order valence-corrected chi connectivity index (χ3v) is 3.52. The SMILES string of the molecule is CC(C)(C)OC=O.CCOC(=O)c1ccccc1C=CC1COC(C)(C)N1. The summed E-state index contributed by atoms with van der Waals surface area (Å²) in [5.74, 6) is -0.288. The van der Waals surface area contributed by atoms with Crippen LogP contribution in [0.3, 0.4) is 0 Å². The molecule has 0 aromatic heterocycles. The fourth-order valence-electron chi connectivity index (χ4n) is 2.33. The minimum atomic E-state index is -0.318. The fourth-order valence-corrected chi connectivity index (χ4v) is 2.33. The lowest BCUT2D eigenvalue weighted by molar-refractivity contribution is -0.138. The number of hydrogen-bond donors (Lipinski definition) is 1. The molecule has 27 heavy (non-hydrogen) atoms. The van der Waals surface area contributed by atoms with Crippen LogP contribution in [0, 0.1) is 0 Å². The highest BCUT2D eigenvalue weighted by atomic mass is 16.5. The van der Waals surface area contributed by atoms with Crippen LogP contribution in [0.1, 0.15) is 57.5 Å². The molecule has 1 aliphatic heterocycles. The third kappa shape index (κ3) is 8.84. The van der Waals surface area contributed by atoms with Crippen LogP contribution in [0.15, 0.2) is 30.3 Å². The average Bonchev–Trinajstić information content (AvgIpc) is 2.92. The van der Waals surface area contributed by atoms with Gasteiger partial charge in [-0.05, 0) is 53.2 Å². The highest BCUT2D eigenvalue weighted by Gasteiger charge is 2.29. The van der Waals surface area contributed by atoms with E-state index in [1.54, 1.807) is 13.0 Å². The molecule has 0 saturated carbocycles. The second-order valence-electron chi connectivity index (χ2n) is 7.57. The molecule has 1 atom stereocenters. The second kappa shape index (κ2) is 10.2. The fraction of sp³-hybridized carbons (Fsp3) is 0.524. The zero-order valence-electron chi connectivity index (χ0n) is 17.1. The third-order valence-electron chi connectivity index (χ3n) is 3.52. The molecular weight excluding hydrogens is 346 g/mol. The molecule has 6 nitrogen and oxygen atoms in total. The van der Waals surface area contributed by atoms with Crippen LogP contribution in [0.25, 0.3) is 6.08 Å². The molecule has 150 valence electrons. The summed E-state index contributed by atoms with van der Waals surface area (Å²) >= 11 is 0. The van der Waals surface area contributed by atoms with Crippen LogP contribution in [0.5, 0.6) is 0 Å². The Morgan fingerprint density at radius 3 is 2.48 bits per heavy atom. The van der Waals surface area contributed by atoms with Crippen molar-refractivity contribution < 1.29 is 23.8 Å². The summed E-state index contributed by atoms with van der Waals surface area (Å²) in [4.78, 5) is 21.5. The van der Waals surface area contributed by atoms with Gasteiger partial charge in [0.05, 0.1) is 24.8 Å². The van der Waals surface area contributed by atoms with Crippen LogP contribution in [-0.2, 0) is 19.0 Å². The first-order valence-corrected chi connectivity index (χ1v) is 9.05. The molecule has 1 fully saturated rings. The quantitative estimate of drug-likeness (QED) is 0.625. The predicted molar refractivity (Wildman–Crippen MR) is 105 cm³/mol. The lowest BCUT2D eigenvalue weighted by Gasteiger charge is -2.16. The lowest BCUT2D eigenvalue weighted by atomic mass is 10.1. The Balaban J connectivity index is 0.000000445. The average molecular weight is 377 g/mol. The van der Waals surface area contributed by atoms with Gasteiger partial charge in [-0.15, -0.1) is 0 Å². The Morgan fingerprint density at radius 2 is 2.00 bits per heavy atom. The van der Waals surface area contributed by atoms with E-state index >= 15 is 0 Å². The number of ether oxygens (including phenoxy) is 3. The molecular formula is C21H31NO5. The van der Waals surface area contributed by atoms with E-state index in [1.807, 2.05) is 65.0 Å². The molecule has 0 aliphatic carbocycles. The van der Waals surface area contributed by atoms with E-state index in [1.165, 1.54) is 0 Å². The van der Waals surface area contributed by atoms with Crippen molar-refractivity contribution in [3.05, 3.63) is 41.5 Å². The van der Waals surface area contributed by atoms with Gasteiger partial charge in [0.25, 0.3) is 6.47 Å². The Hall–Kier alpha value is -2.18. The topological polar surface area (TPSA) is 73.9 Å². The van der Waals surface area contributed by atoms with Crippen molar-refractivity contribution in [2.75, 3.05) is 13.2 Å². The van der Waals surface area contributed by atoms with Crippen LogP contribution in [0.4, 0.5) is 0 Å². The summed E-state index contributed by atoms with van der Waals surface area (Å²) in [6.45, 7) is 12.7. The van der Waals surface area contributed by atoms with Gasteiger partial charge in [0.1, 0.15) is 11.3 Å². The molecule has 1 heterocycles. The van der Waals surface area contributed by atoms with Crippen molar-refractivity contribution in [3.63, 3.8) is 0 Å². The molecule has 0 radical (unpaired) electrons. The first-order chi connectivity index (χ1) is 12.6. The number of carbonyl (C=O) groups is 2. The van der Waals surface area contributed by atoms with Gasteiger partial charge in [-0.25, -0.2) is 4.79 Å². The van der Waals surface area contributed by atoms with Gasteiger partial charge in [0.2, 0.25) is 0 Å². The van der Waals surface area contributed by atoms with Crippen LogP contribution < -0.4 is 5.32 Å². The second-order valence-corrected chi connectivity index (χ2v) is 7.57. The smallest absolute Gasteiger partial charge is 0.338 e. The molecule has 2 rings (SSSR count). The van der Waals surface area contributed by atoms with Crippen molar-refractivity contribution in [2.24, 2.45) is 0 Å². The summed E-state index contributed by atoms with van der Waals surface area (Å²) in [5, 5.41) is 3.35. The Morgan fingerprint density at radius 1 is 1.33 bits per heavy atom. The zero-order chi connectivity index (χ0) is 20.5. The number of rotatable bonds is 5. The number of hydrogen-bond acceptors (Lipinski definition) is 6. The number of carbonyl (C=O) groups excluding carboxylic acids is 2. The van der Waals surface area contributed by atoms with Gasteiger partial charge in [-0.3, -0.25) is 10.1 Å². The molecule has 0 spiro atoms. The van der Waals surface area contributed by atoms with E-state index in [4.69, 9.17) is 9.47 Å². The monoisotopic (exact) mass is 377 g/mol. The maximum atomic E-state index is 11.9. The van der Waals surface area contributed by atoms with E-state index in [-0.39, 0.29) is 23.3 Å². The van der Waals surface area contributed by atoms with E-state index < -0.39 is 0 Å². The number of nitrogens with one attached hydrogen (secondary N) is 1. The molecule has 0 bridgehead atoms. The first-order valence-electron chi connectivity index (χ1n) is 9.05. The van der Waals surface area contributed by atoms with Gasteiger partial charge < -0.3 is 14.2 Å². The van der Waals surface area contributed by atoms with Gasteiger partial charge in [0.15, 0.2) is 0 Å². The Labute approximate surface area is 161 Å². The standard InChI is InChI=1S/C16H21NO3.C5H10O2/c1-4-19-15(18)14-8-6-5-7-12(14)9-10-13-11-20-16(2,3)17-13;1-5(2,3)7-4-6/h5-10,13,17H,4,11H2,1-3H3;4H,1-3H3. The highest BCUT2D eigenvalue weighted by molar-refractivity contribution is 5.93. The van der Waals surface area contributed by atoms with E-state index in [0.717, 1.165) is 5.56 Å². The Bertz CT molecular complexity index is 646.